The van der Waals surface area contributed by atoms with Crippen molar-refractivity contribution >= 4 is 24.7 Å². The number of aliphatic hydroxyl groups excluding tert-OH is 1. The van der Waals surface area contributed by atoms with E-state index in [0.717, 1.165) is 11.1 Å². The van der Waals surface area contributed by atoms with E-state index in [4.69, 9.17) is 18.6 Å². The third-order valence-corrected chi connectivity index (χ3v) is 14.8. The lowest BCUT2D eigenvalue weighted by Gasteiger charge is -2.47. The van der Waals surface area contributed by atoms with Crippen molar-refractivity contribution in [3.8, 4) is 0 Å². The van der Waals surface area contributed by atoms with Gasteiger partial charge in [-0.2, -0.15) is 0 Å². The highest BCUT2D eigenvalue weighted by atomic mass is 28.4. The second-order valence-electron chi connectivity index (χ2n) is 14.3. The Labute approximate surface area is 303 Å². The summed E-state index contributed by atoms with van der Waals surface area (Å²) in [6.07, 6.45) is -3.02. The fraction of sp³-hybridized carbons (Fsp3) is 0.295. The van der Waals surface area contributed by atoms with Crippen molar-refractivity contribution in [3.63, 3.8) is 0 Å². The third kappa shape index (κ3) is 8.58. The van der Waals surface area contributed by atoms with Crippen molar-refractivity contribution in [1.82, 2.24) is 0 Å². The molecule has 0 amide bonds. The van der Waals surface area contributed by atoms with E-state index in [1.807, 2.05) is 78.9 Å². The standard InChI is InChI=1S/C44H48O6Si/c1-44(2,3)51(37-25-15-7-16-26-37,38-27-17-8-18-28-38)49-32-36-29-39(45)41(50-43(46)35-23-13-6-14-24-35)42(48-31-34-21-11-5-12-22-34)40(36)47-30-33-19-9-4-10-20-33/h4-28,36,39-42,45H,29-32H2,1-3H3/t36-,39-,40-,41+,42+/m1/s1. The predicted molar refractivity (Wildman–Crippen MR) is 203 cm³/mol. The van der Waals surface area contributed by atoms with E-state index in [1.54, 1.807) is 24.3 Å². The Morgan fingerprint density at radius 2 is 1.06 bits per heavy atom. The molecule has 7 heteroatoms. The lowest BCUT2D eigenvalue weighted by molar-refractivity contribution is -0.205. The molecular weight excluding hydrogens is 653 g/mol. The van der Waals surface area contributed by atoms with Gasteiger partial charge in [-0.05, 0) is 45.1 Å². The van der Waals surface area contributed by atoms with Gasteiger partial charge in [0.05, 0.1) is 31.0 Å². The summed E-state index contributed by atoms with van der Waals surface area (Å²) >= 11 is 0. The van der Waals surface area contributed by atoms with Gasteiger partial charge in [-0.1, -0.05) is 160 Å². The van der Waals surface area contributed by atoms with Gasteiger partial charge in [0.1, 0.15) is 6.10 Å². The van der Waals surface area contributed by atoms with Crippen molar-refractivity contribution in [3.05, 3.63) is 168 Å². The maximum atomic E-state index is 13.5. The number of rotatable bonds is 13. The van der Waals surface area contributed by atoms with Crippen LogP contribution in [0.1, 0.15) is 48.7 Å². The highest BCUT2D eigenvalue weighted by Crippen LogP contribution is 2.39. The van der Waals surface area contributed by atoms with E-state index in [9.17, 15) is 9.90 Å². The smallest absolute Gasteiger partial charge is 0.338 e. The Balaban J connectivity index is 1.38. The Morgan fingerprint density at radius 3 is 1.53 bits per heavy atom. The highest BCUT2D eigenvalue weighted by Gasteiger charge is 2.53. The SMILES string of the molecule is CC(C)(C)[Si](OC[C@H]1C[C@@H](O)[C@H](OC(=O)c2ccccc2)[C@@H](OCc2ccccc2)[C@@H]1OCc1ccccc1)(c1ccccc1)c1ccccc1. The second kappa shape index (κ2) is 16.8. The first-order valence-electron chi connectivity index (χ1n) is 17.8. The van der Waals surface area contributed by atoms with Gasteiger partial charge in [0, 0.05) is 12.5 Å². The molecule has 5 aromatic carbocycles. The van der Waals surface area contributed by atoms with E-state index in [0.29, 0.717) is 25.2 Å². The molecule has 6 rings (SSSR count). The van der Waals surface area contributed by atoms with Gasteiger partial charge in [0.25, 0.3) is 8.32 Å². The quantitative estimate of drug-likeness (QED) is 0.102. The topological polar surface area (TPSA) is 74.2 Å². The fourth-order valence-corrected chi connectivity index (χ4v) is 11.9. The number of ether oxygens (including phenoxy) is 3. The van der Waals surface area contributed by atoms with Gasteiger partial charge < -0.3 is 23.7 Å². The lowest BCUT2D eigenvalue weighted by atomic mass is 9.80. The van der Waals surface area contributed by atoms with Crippen LogP contribution >= 0.6 is 0 Å². The fourth-order valence-electron chi connectivity index (χ4n) is 7.27. The average molecular weight is 701 g/mol. The van der Waals surface area contributed by atoms with Gasteiger partial charge in [0.15, 0.2) is 6.10 Å². The van der Waals surface area contributed by atoms with E-state index >= 15 is 0 Å². The molecule has 0 unspecified atom stereocenters. The van der Waals surface area contributed by atoms with Crippen LogP contribution in [0.5, 0.6) is 0 Å². The van der Waals surface area contributed by atoms with Crippen LogP contribution in [0.15, 0.2) is 152 Å². The summed E-state index contributed by atoms with van der Waals surface area (Å²) in [6, 6.07) is 49.8. The van der Waals surface area contributed by atoms with E-state index in [-0.39, 0.29) is 17.6 Å². The molecule has 5 atom stereocenters. The number of benzene rings is 5. The zero-order chi connectivity index (χ0) is 35.7. The van der Waals surface area contributed by atoms with Crippen molar-refractivity contribution in [2.24, 2.45) is 5.92 Å². The number of hydrogen-bond donors (Lipinski definition) is 1. The van der Waals surface area contributed by atoms with Crippen molar-refractivity contribution in [2.45, 2.75) is 69.9 Å². The molecule has 1 saturated carbocycles. The molecule has 1 fully saturated rings. The van der Waals surface area contributed by atoms with Gasteiger partial charge in [0.2, 0.25) is 0 Å². The zero-order valence-electron chi connectivity index (χ0n) is 29.6. The summed E-state index contributed by atoms with van der Waals surface area (Å²) in [4.78, 5) is 13.5. The molecule has 1 aliphatic rings. The average Bonchev–Trinajstić information content (AvgIpc) is 3.16. The van der Waals surface area contributed by atoms with Gasteiger partial charge >= 0.3 is 5.97 Å². The van der Waals surface area contributed by atoms with Gasteiger partial charge in [-0.15, -0.1) is 0 Å². The third-order valence-electron chi connectivity index (χ3n) is 9.79. The largest absolute Gasteiger partial charge is 0.453 e. The first kappa shape index (κ1) is 36.4. The molecule has 0 spiro atoms. The maximum Gasteiger partial charge on any atom is 0.338 e. The molecule has 0 bridgehead atoms. The summed E-state index contributed by atoms with van der Waals surface area (Å²) in [5.41, 5.74) is 2.38. The van der Waals surface area contributed by atoms with Crippen molar-refractivity contribution in [2.75, 3.05) is 6.61 Å². The molecule has 51 heavy (non-hydrogen) atoms. The normalized spacial score (nSPS) is 20.8. The molecule has 0 radical (unpaired) electrons. The first-order valence-corrected chi connectivity index (χ1v) is 19.7. The van der Waals surface area contributed by atoms with Crippen LogP contribution in [0.2, 0.25) is 5.04 Å². The molecule has 5 aromatic rings. The molecule has 1 N–H and O–H groups in total. The van der Waals surface area contributed by atoms with E-state index in [2.05, 4.69) is 69.3 Å². The Morgan fingerprint density at radius 1 is 0.627 bits per heavy atom. The van der Waals surface area contributed by atoms with Crippen LogP contribution in [0.25, 0.3) is 0 Å². The lowest BCUT2D eigenvalue weighted by Crippen LogP contribution is -2.67. The number of esters is 1. The zero-order valence-corrected chi connectivity index (χ0v) is 30.6. The molecule has 0 heterocycles. The minimum Gasteiger partial charge on any atom is -0.453 e. The van der Waals surface area contributed by atoms with Crippen molar-refractivity contribution < 1.29 is 28.5 Å². The molecule has 264 valence electrons. The molecular formula is C44H48O6Si. The molecule has 0 aliphatic heterocycles. The number of carbonyl (C=O) groups excluding carboxylic acids is 1. The minimum absolute atomic E-state index is 0.236. The van der Waals surface area contributed by atoms with Crippen molar-refractivity contribution in [1.29, 1.82) is 0 Å². The Kier molecular flexibility index (Phi) is 12.0. The van der Waals surface area contributed by atoms with Crippen LogP contribution in [-0.2, 0) is 31.9 Å². The van der Waals surface area contributed by atoms with Gasteiger partial charge in [-0.3, -0.25) is 0 Å². The highest BCUT2D eigenvalue weighted by molar-refractivity contribution is 6.99. The monoisotopic (exact) mass is 700 g/mol. The van der Waals surface area contributed by atoms with E-state index < -0.39 is 38.7 Å². The number of carbonyl (C=O) groups is 1. The maximum absolute atomic E-state index is 13.5. The summed E-state index contributed by atoms with van der Waals surface area (Å²) in [6.45, 7) is 7.65. The summed E-state index contributed by atoms with van der Waals surface area (Å²) in [5, 5.41) is 14.0. The van der Waals surface area contributed by atoms with E-state index in [1.165, 1.54) is 10.4 Å². The second-order valence-corrected chi connectivity index (χ2v) is 18.6. The summed E-state index contributed by atoms with van der Waals surface area (Å²) in [5.74, 6) is -0.797. The molecule has 0 aromatic heterocycles. The molecule has 1 aliphatic carbocycles. The minimum atomic E-state index is -2.92. The Bertz CT molecular complexity index is 1740. The Hall–Kier alpha value is -4.37. The van der Waals surface area contributed by atoms with Crippen LogP contribution in [0.4, 0.5) is 0 Å². The summed E-state index contributed by atoms with van der Waals surface area (Å²) in [7, 11) is -2.92. The van der Waals surface area contributed by atoms with Crippen LogP contribution in [0.3, 0.4) is 0 Å². The van der Waals surface area contributed by atoms with Crippen LogP contribution < -0.4 is 10.4 Å². The molecule has 6 nitrogen and oxygen atoms in total. The molecule has 0 saturated heterocycles. The first-order chi connectivity index (χ1) is 24.8. The van der Waals surface area contributed by atoms with Gasteiger partial charge in [-0.25, -0.2) is 4.79 Å². The predicted octanol–water partition coefficient (Wildman–Crippen LogP) is 7.34. The van der Waals surface area contributed by atoms with Crippen LogP contribution in [0, 0.1) is 5.92 Å². The number of hydrogen-bond acceptors (Lipinski definition) is 6. The number of aliphatic hydroxyl groups is 1. The van der Waals surface area contributed by atoms with Crippen LogP contribution in [-0.4, -0.2) is 50.4 Å². The summed E-state index contributed by atoms with van der Waals surface area (Å²) < 4.78 is 27.1.